The Balaban J connectivity index is 2.27. The number of rotatable bonds is 2. The van der Waals surface area contributed by atoms with E-state index in [-0.39, 0.29) is 17.4 Å². The Bertz CT molecular complexity index is 670. The first-order chi connectivity index (χ1) is 9.47. The van der Waals surface area contributed by atoms with Crippen molar-refractivity contribution >= 4 is 17.0 Å². The summed E-state index contributed by atoms with van der Waals surface area (Å²) in [5.41, 5.74) is 7.06. The number of anilines is 1. The first-order valence-electron chi connectivity index (χ1n) is 6.61. The molecule has 2 aromatic rings. The Hall–Kier alpha value is -1.82. The van der Waals surface area contributed by atoms with Crippen molar-refractivity contribution in [3.63, 3.8) is 0 Å². The summed E-state index contributed by atoms with van der Waals surface area (Å²) in [5, 5.41) is 0. The summed E-state index contributed by atoms with van der Waals surface area (Å²) < 4.78 is 26.4. The van der Waals surface area contributed by atoms with E-state index in [0.717, 1.165) is 11.9 Å². The average molecular weight is 279 g/mol. The van der Waals surface area contributed by atoms with Crippen molar-refractivity contribution in [3.05, 3.63) is 17.9 Å². The SMILES string of the molecule is COc1cc2c(cc1F)nc(N)n2C1(C)CCOC1C. The lowest BCUT2D eigenvalue weighted by atomic mass is 9.94. The van der Waals surface area contributed by atoms with Crippen LogP contribution in [-0.2, 0) is 10.3 Å². The summed E-state index contributed by atoms with van der Waals surface area (Å²) in [4.78, 5) is 4.26. The molecule has 2 heterocycles. The molecule has 1 aliphatic rings. The summed E-state index contributed by atoms with van der Waals surface area (Å²) in [6.45, 7) is 4.77. The topological polar surface area (TPSA) is 62.3 Å². The van der Waals surface area contributed by atoms with Gasteiger partial charge in [-0.15, -0.1) is 0 Å². The number of fused-ring (bicyclic) bond motifs is 1. The fraction of sp³-hybridized carbons (Fsp3) is 0.500. The van der Waals surface area contributed by atoms with Gasteiger partial charge in [0.05, 0.1) is 29.8 Å². The summed E-state index contributed by atoms with van der Waals surface area (Å²) >= 11 is 0. The van der Waals surface area contributed by atoms with Crippen LogP contribution in [0.4, 0.5) is 10.3 Å². The molecule has 6 heteroatoms. The first kappa shape index (κ1) is 13.2. The second-order valence-electron chi connectivity index (χ2n) is 5.40. The standard InChI is InChI=1S/C14H18FN3O2/c1-8-14(2,4-5-20-8)18-11-7-12(19-3)9(15)6-10(11)17-13(18)16/h6-8H,4-5H2,1-3H3,(H2,16,17). The van der Waals surface area contributed by atoms with Crippen LogP contribution in [0.15, 0.2) is 12.1 Å². The summed E-state index contributed by atoms with van der Waals surface area (Å²) in [6.07, 6.45) is 0.849. The molecule has 1 fully saturated rings. The number of ether oxygens (including phenoxy) is 2. The highest BCUT2D eigenvalue weighted by Crippen LogP contribution is 2.39. The van der Waals surface area contributed by atoms with Gasteiger partial charge in [-0.3, -0.25) is 0 Å². The summed E-state index contributed by atoms with van der Waals surface area (Å²) in [5.74, 6) is 0.117. The highest BCUT2D eigenvalue weighted by molar-refractivity contribution is 5.80. The van der Waals surface area contributed by atoms with E-state index in [1.165, 1.54) is 13.2 Å². The van der Waals surface area contributed by atoms with E-state index in [1.807, 2.05) is 11.5 Å². The third-order valence-corrected chi connectivity index (χ3v) is 4.32. The maximum Gasteiger partial charge on any atom is 0.201 e. The monoisotopic (exact) mass is 279 g/mol. The molecule has 108 valence electrons. The van der Waals surface area contributed by atoms with Gasteiger partial charge in [-0.05, 0) is 20.3 Å². The second-order valence-corrected chi connectivity index (χ2v) is 5.40. The van der Waals surface area contributed by atoms with Gasteiger partial charge in [0, 0.05) is 18.7 Å². The Morgan fingerprint density at radius 3 is 2.90 bits per heavy atom. The molecule has 0 saturated carbocycles. The van der Waals surface area contributed by atoms with Crippen molar-refractivity contribution in [3.8, 4) is 5.75 Å². The van der Waals surface area contributed by atoms with Crippen LogP contribution in [0, 0.1) is 5.82 Å². The largest absolute Gasteiger partial charge is 0.494 e. The molecular weight excluding hydrogens is 261 g/mol. The quantitative estimate of drug-likeness (QED) is 0.916. The molecule has 1 aromatic carbocycles. The smallest absolute Gasteiger partial charge is 0.201 e. The van der Waals surface area contributed by atoms with Crippen molar-refractivity contribution in [2.24, 2.45) is 0 Å². The van der Waals surface area contributed by atoms with E-state index < -0.39 is 5.82 Å². The number of nitrogens with two attached hydrogens (primary N) is 1. The number of nitrogen functional groups attached to an aromatic ring is 1. The van der Waals surface area contributed by atoms with Crippen molar-refractivity contribution in [2.45, 2.75) is 31.9 Å². The predicted octanol–water partition coefficient (Wildman–Crippen LogP) is 2.29. The Morgan fingerprint density at radius 2 is 2.30 bits per heavy atom. The van der Waals surface area contributed by atoms with Gasteiger partial charge in [-0.1, -0.05) is 0 Å². The lowest BCUT2D eigenvalue weighted by Crippen LogP contribution is -2.37. The molecule has 20 heavy (non-hydrogen) atoms. The molecule has 0 radical (unpaired) electrons. The van der Waals surface area contributed by atoms with Crippen LogP contribution in [0.2, 0.25) is 0 Å². The maximum absolute atomic E-state index is 13.8. The van der Waals surface area contributed by atoms with Crippen LogP contribution in [0.5, 0.6) is 5.75 Å². The highest BCUT2D eigenvalue weighted by Gasteiger charge is 2.41. The number of halogens is 1. The molecular formula is C14H18FN3O2. The molecule has 2 unspecified atom stereocenters. The lowest BCUT2D eigenvalue weighted by Gasteiger charge is -2.31. The van der Waals surface area contributed by atoms with Gasteiger partial charge >= 0.3 is 0 Å². The van der Waals surface area contributed by atoms with Crippen molar-refractivity contribution in [1.29, 1.82) is 0 Å². The van der Waals surface area contributed by atoms with Gasteiger partial charge in [0.15, 0.2) is 11.6 Å². The van der Waals surface area contributed by atoms with E-state index in [1.54, 1.807) is 6.07 Å². The molecule has 3 rings (SSSR count). The number of aromatic nitrogens is 2. The van der Waals surface area contributed by atoms with Gasteiger partial charge in [0.1, 0.15) is 0 Å². The van der Waals surface area contributed by atoms with Crippen LogP contribution in [-0.4, -0.2) is 29.4 Å². The van der Waals surface area contributed by atoms with E-state index in [2.05, 4.69) is 11.9 Å². The Morgan fingerprint density at radius 1 is 1.55 bits per heavy atom. The number of benzene rings is 1. The third kappa shape index (κ3) is 1.67. The van der Waals surface area contributed by atoms with Crippen LogP contribution in [0.1, 0.15) is 20.3 Å². The Labute approximate surface area is 116 Å². The number of hydrogen-bond donors (Lipinski definition) is 1. The zero-order chi connectivity index (χ0) is 14.5. The fourth-order valence-electron chi connectivity index (χ4n) is 2.91. The van der Waals surface area contributed by atoms with Crippen LogP contribution < -0.4 is 10.5 Å². The van der Waals surface area contributed by atoms with Gasteiger partial charge in [-0.25, -0.2) is 9.37 Å². The molecule has 2 atom stereocenters. The molecule has 1 saturated heterocycles. The maximum atomic E-state index is 13.8. The summed E-state index contributed by atoms with van der Waals surface area (Å²) in [6, 6.07) is 3.00. The van der Waals surface area contributed by atoms with Crippen LogP contribution >= 0.6 is 0 Å². The van der Waals surface area contributed by atoms with Crippen molar-refractivity contribution in [2.75, 3.05) is 19.5 Å². The van der Waals surface area contributed by atoms with E-state index >= 15 is 0 Å². The van der Waals surface area contributed by atoms with Gasteiger partial charge in [-0.2, -0.15) is 0 Å². The van der Waals surface area contributed by atoms with Crippen LogP contribution in [0.25, 0.3) is 11.0 Å². The third-order valence-electron chi connectivity index (χ3n) is 4.32. The zero-order valence-electron chi connectivity index (χ0n) is 11.8. The average Bonchev–Trinajstić information content (AvgIpc) is 2.89. The molecule has 0 spiro atoms. The Kier molecular flexibility index (Phi) is 2.86. The molecule has 2 N–H and O–H groups in total. The normalized spacial score (nSPS) is 26.3. The van der Waals surface area contributed by atoms with Gasteiger partial charge in [0.2, 0.25) is 5.95 Å². The molecule has 0 bridgehead atoms. The number of nitrogens with zero attached hydrogens (tertiary/aromatic N) is 2. The fourth-order valence-corrected chi connectivity index (χ4v) is 2.91. The first-order valence-corrected chi connectivity index (χ1v) is 6.61. The number of imidazole rings is 1. The van der Waals surface area contributed by atoms with Gasteiger partial charge in [0.25, 0.3) is 0 Å². The van der Waals surface area contributed by atoms with Crippen LogP contribution in [0.3, 0.4) is 0 Å². The van der Waals surface area contributed by atoms with Crippen molar-refractivity contribution in [1.82, 2.24) is 9.55 Å². The van der Waals surface area contributed by atoms with E-state index in [4.69, 9.17) is 15.2 Å². The van der Waals surface area contributed by atoms with Crippen molar-refractivity contribution < 1.29 is 13.9 Å². The number of methoxy groups -OCH3 is 1. The zero-order valence-corrected chi connectivity index (χ0v) is 11.8. The second kappa shape index (κ2) is 4.34. The molecule has 0 amide bonds. The molecule has 1 aliphatic heterocycles. The minimum absolute atomic E-state index is 0.0123. The molecule has 1 aromatic heterocycles. The lowest BCUT2D eigenvalue weighted by molar-refractivity contribution is 0.0783. The molecule has 5 nitrogen and oxygen atoms in total. The minimum Gasteiger partial charge on any atom is -0.494 e. The van der Waals surface area contributed by atoms with E-state index in [0.29, 0.717) is 18.1 Å². The molecule has 0 aliphatic carbocycles. The van der Waals surface area contributed by atoms with Gasteiger partial charge < -0.3 is 19.8 Å². The van der Waals surface area contributed by atoms with E-state index in [9.17, 15) is 4.39 Å². The minimum atomic E-state index is -0.439. The summed E-state index contributed by atoms with van der Waals surface area (Å²) in [7, 11) is 1.44. The number of hydrogen-bond acceptors (Lipinski definition) is 4. The predicted molar refractivity (Wildman–Crippen MR) is 74.3 cm³/mol. The highest BCUT2D eigenvalue weighted by atomic mass is 19.1.